The zero-order chi connectivity index (χ0) is 27.4. The molecule has 1 atom stereocenters. The van der Waals surface area contributed by atoms with Gasteiger partial charge in [-0.05, 0) is 66.6 Å². The number of carbonyl (C=O) groups excluding carboxylic acids is 2. The number of phenols is 1. The van der Waals surface area contributed by atoms with Gasteiger partial charge in [-0.25, -0.2) is 4.39 Å². The van der Waals surface area contributed by atoms with Crippen LogP contribution in [0.15, 0.2) is 72.3 Å². The normalized spacial score (nSPS) is 16.6. The van der Waals surface area contributed by atoms with Gasteiger partial charge in [0.05, 0.1) is 23.1 Å². The second-order valence-electron chi connectivity index (χ2n) is 8.73. The summed E-state index contributed by atoms with van der Waals surface area (Å²) in [6.45, 7) is 2.61. The van der Waals surface area contributed by atoms with E-state index in [2.05, 4.69) is 6.92 Å². The number of rotatable bonds is 9. The number of aromatic hydroxyl groups is 1. The molecule has 0 radical (unpaired) electrons. The third kappa shape index (κ3) is 5.19. The van der Waals surface area contributed by atoms with Crippen LogP contribution in [0.4, 0.5) is 15.8 Å². The Morgan fingerprint density at radius 1 is 1.05 bits per heavy atom. The van der Waals surface area contributed by atoms with Crippen LogP contribution >= 0.6 is 0 Å². The van der Waals surface area contributed by atoms with Crippen molar-refractivity contribution >= 4 is 28.8 Å². The number of benzene rings is 3. The van der Waals surface area contributed by atoms with E-state index in [0.717, 1.165) is 48.4 Å². The first-order chi connectivity index (χ1) is 18.2. The summed E-state index contributed by atoms with van der Waals surface area (Å²) in [6.07, 6.45) is 2.98. The summed E-state index contributed by atoms with van der Waals surface area (Å²) >= 11 is 0. The van der Waals surface area contributed by atoms with Crippen LogP contribution in [0.1, 0.15) is 43.4 Å². The molecule has 1 heterocycles. The molecule has 1 amide bonds. The van der Waals surface area contributed by atoms with E-state index in [4.69, 9.17) is 4.74 Å². The molecule has 0 aliphatic carbocycles. The fourth-order valence-corrected chi connectivity index (χ4v) is 4.28. The minimum absolute atomic E-state index is 0.0930. The summed E-state index contributed by atoms with van der Waals surface area (Å²) in [5.41, 5.74) is -0.492. The Kier molecular flexibility index (Phi) is 7.71. The first-order valence-corrected chi connectivity index (χ1v) is 12.0. The van der Waals surface area contributed by atoms with Crippen molar-refractivity contribution in [3.8, 4) is 11.5 Å². The van der Waals surface area contributed by atoms with Crippen molar-refractivity contribution in [2.24, 2.45) is 0 Å². The number of hydrogen-bond acceptors (Lipinski definition) is 7. The predicted octanol–water partition coefficient (Wildman–Crippen LogP) is 5.63. The van der Waals surface area contributed by atoms with E-state index < -0.39 is 45.7 Å². The van der Waals surface area contributed by atoms with Gasteiger partial charge in [0.15, 0.2) is 5.75 Å². The van der Waals surface area contributed by atoms with E-state index in [1.807, 2.05) is 0 Å². The Bertz CT molecular complexity index is 1400. The highest BCUT2D eigenvalue weighted by Gasteiger charge is 2.47. The van der Waals surface area contributed by atoms with Crippen molar-refractivity contribution in [3.63, 3.8) is 0 Å². The maximum atomic E-state index is 13.6. The Morgan fingerprint density at radius 3 is 2.37 bits per heavy atom. The van der Waals surface area contributed by atoms with Gasteiger partial charge in [-0.1, -0.05) is 25.8 Å². The maximum Gasteiger partial charge on any atom is 0.311 e. The van der Waals surface area contributed by atoms with Gasteiger partial charge in [-0.2, -0.15) is 0 Å². The SMILES string of the molecule is CCCCCOc1ccc(/C(O)=C2/C(=O)C(=O)N(c3ccc(F)cc3)C2c2ccc(O)c([N+](=O)[O-])c2)cc1. The maximum absolute atomic E-state index is 13.6. The van der Waals surface area contributed by atoms with E-state index in [0.29, 0.717) is 12.4 Å². The van der Waals surface area contributed by atoms with E-state index >= 15 is 0 Å². The van der Waals surface area contributed by atoms with Crippen molar-refractivity contribution in [1.29, 1.82) is 0 Å². The Balaban J connectivity index is 1.81. The van der Waals surface area contributed by atoms with Crippen LogP contribution in [0, 0.1) is 15.9 Å². The molecule has 1 aliphatic heterocycles. The molecule has 3 aromatic carbocycles. The molecule has 9 nitrogen and oxygen atoms in total. The van der Waals surface area contributed by atoms with E-state index in [1.165, 1.54) is 30.3 Å². The van der Waals surface area contributed by atoms with Crippen molar-refractivity contribution in [1.82, 2.24) is 0 Å². The first kappa shape index (κ1) is 26.3. The lowest BCUT2D eigenvalue weighted by molar-refractivity contribution is -0.385. The quantitative estimate of drug-likeness (QED) is 0.0933. The van der Waals surface area contributed by atoms with Crippen LogP contribution in [-0.2, 0) is 9.59 Å². The summed E-state index contributed by atoms with van der Waals surface area (Å²) in [5.74, 6) is -3.13. The molecule has 38 heavy (non-hydrogen) atoms. The highest BCUT2D eigenvalue weighted by Crippen LogP contribution is 2.44. The second kappa shape index (κ2) is 11.1. The fourth-order valence-electron chi connectivity index (χ4n) is 4.28. The molecule has 10 heteroatoms. The number of phenolic OH excluding ortho intramolecular Hbond substituents is 1. The lowest BCUT2D eigenvalue weighted by Crippen LogP contribution is -2.29. The molecular weight excluding hydrogens is 495 g/mol. The number of Topliss-reactive ketones (excluding diaryl/α,β-unsaturated/α-hetero) is 1. The summed E-state index contributed by atoms with van der Waals surface area (Å²) in [4.78, 5) is 38.1. The second-order valence-corrected chi connectivity index (χ2v) is 8.73. The monoisotopic (exact) mass is 520 g/mol. The molecule has 0 saturated carbocycles. The fraction of sp³-hybridized carbons (Fsp3) is 0.214. The zero-order valence-electron chi connectivity index (χ0n) is 20.5. The minimum Gasteiger partial charge on any atom is -0.507 e. The number of amides is 1. The van der Waals surface area contributed by atoms with E-state index in [1.54, 1.807) is 12.1 Å². The number of aliphatic hydroxyl groups is 1. The molecule has 1 aliphatic rings. The molecule has 0 bridgehead atoms. The molecular formula is C28H25FN2O7. The third-order valence-corrected chi connectivity index (χ3v) is 6.21. The number of ether oxygens (including phenoxy) is 1. The number of hydrogen-bond donors (Lipinski definition) is 2. The molecule has 4 rings (SSSR count). The summed E-state index contributed by atoms with van der Waals surface area (Å²) in [5, 5.41) is 32.6. The van der Waals surface area contributed by atoms with Gasteiger partial charge in [-0.3, -0.25) is 24.6 Å². The first-order valence-electron chi connectivity index (χ1n) is 12.0. The summed E-state index contributed by atoms with van der Waals surface area (Å²) in [6, 6.07) is 13.2. The number of nitro benzene ring substituents is 1. The van der Waals surface area contributed by atoms with Crippen LogP contribution < -0.4 is 9.64 Å². The van der Waals surface area contributed by atoms with Crippen molar-refractivity contribution in [2.45, 2.75) is 32.2 Å². The smallest absolute Gasteiger partial charge is 0.311 e. The number of nitro groups is 1. The van der Waals surface area contributed by atoms with Gasteiger partial charge in [0, 0.05) is 17.3 Å². The van der Waals surface area contributed by atoms with Crippen LogP contribution in [0.2, 0.25) is 0 Å². The third-order valence-electron chi connectivity index (χ3n) is 6.21. The Morgan fingerprint density at radius 2 is 1.74 bits per heavy atom. The van der Waals surface area contributed by atoms with Crippen LogP contribution in [0.25, 0.3) is 5.76 Å². The van der Waals surface area contributed by atoms with E-state index in [9.17, 15) is 34.3 Å². The van der Waals surface area contributed by atoms with Gasteiger partial charge < -0.3 is 14.9 Å². The number of ketones is 1. The molecule has 3 aromatic rings. The van der Waals surface area contributed by atoms with Crippen LogP contribution in [-0.4, -0.2) is 33.4 Å². The van der Waals surface area contributed by atoms with Gasteiger partial charge in [0.25, 0.3) is 11.7 Å². The van der Waals surface area contributed by atoms with Gasteiger partial charge in [0.2, 0.25) is 0 Å². The molecule has 1 saturated heterocycles. The van der Waals surface area contributed by atoms with Crippen molar-refractivity contribution in [2.75, 3.05) is 11.5 Å². The summed E-state index contributed by atoms with van der Waals surface area (Å²) < 4.78 is 19.3. The van der Waals surface area contributed by atoms with Crippen molar-refractivity contribution in [3.05, 3.63) is 99.4 Å². The lowest BCUT2D eigenvalue weighted by atomic mass is 9.94. The molecule has 1 fully saturated rings. The molecule has 196 valence electrons. The van der Waals surface area contributed by atoms with Gasteiger partial charge in [-0.15, -0.1) is 0 Å². The number of nitrogens with zero attached hydrogens (tertiary/aromatic N) is 2. The standard InChI is InChI=1S/C28H25FN2O7/c1-2-3-4-15-38-21-12-5-17(6-13-21)26(33)24-25(18-7-14-23(32)22(16-18)31(36)37)30(28(35)27(24)34)20-10-8-19(29)9-11-20/h5-14,16,25,32-33H,2-4,15H2,1H3/b26-24-. The minimum atomic E-state index is -1.29. The zero-order valence-corrected chi connectivity index (χ0v) is 20.5. The Labute approximate surface area is 217 Å². The predicted molar refractivity (Wildman–Crippen MR) is 137 cm³/mol. The average Bonchev–Trinajstić information content (AvgIpc) is 3.17. The van der Waals surface area contributed by atoms with Crippen LogP contribution in [0.5, 0.6) is 11.5 Å². The highest BCUT2D eigenvalue weighted by atomic mass is 19.1. The number of carbonyl (C=O) groups is 2. The van der Waals surface area contributed by atoms with E-state index in [-0.39, 0.29) is 22.4 Å². The highest BCUT2D eigenvalue weighted by molar-refractivity contribution is 6.51. The molecule has 1 unspecified atom stereocenters. The molecule has 2 N–H and O–H groups in total. The van der Waals surface area contributed by atoms with Crippen molar-refractivity contribution < 1.29 is 33.9 Å². The largest absolute Gasteiger partial charge is 0.507 e. The number of anilines is 1. The topological polar surface area (TPSA) is 130 Å². The van der Waals surface area contributed by atoms with Gasteiger partial charge >= 0.3 is 5.69 Å². The van der Waals surface area contributed by atoms with Crippen LogP contribution in [0.3, 0.4) is 0 Å². The number of halogens is 1. The molecule has 0 aromatic heterocycles. The Hall–Kier alpha value is -4.73. The average molecular weight is 521 g/mol. The van der Waals surface area contributed by atoms with Gasteiger partial charge in [0.1, 0.15) is 17.3 Å². The lowest BCUT2D eigenvalue weighted by Gasteiger charge is -2.25. The summed E-state index contributed by atoms with van der Waals surface area (Å²) in [7, 11) is 0. The molecule has 0 spiro atoms. The number of unbranched alkanes of at least 4 members (excludes halogenated alkanes) is 2. The number of aliphatic hydroxyl groups excluding tert-OH is 1.